The molecule has 0 aliphatic carbocycles. The largest absolute Gasteiger partial charge is 0.375 e. The predicted octanol–water partition coefficient (Wildman–Crippen LogP) is 0.764. The molecule has 0 radical (unpaired) electrons. The van der Waals surface area contributed by atoms with E-state index in [1.165, 1.54) is 0 Å². The first kappa shape index (κ1) is 11.9. The van der Waals surface area contributed by atoms with E-state index in [9.17, 15) is 0 Å². The standard InChI is InChI=1S/C10H21NO3/c1-3-12-10(13-4-2)5-6-14-9-7-11-8-9/h9-11H,3-8H2,1-2H3. The third-order valence-electron chi connectivity index (χ3n) is 2.16. The van der Waals surface area contributed by atoms with Gasteiger partial charge in [-0.05, 0) is 13.8 Å². The van der Waals surface area contributed by atoms with Crippen LogP contribution in [0.5, 0.6) is 0 Å². The van der Waals surface area contributed by atoms with Crippen molar-refractivity contribution < 1.29 is 14.2 Å². The second-order valence-corrected chi connectivity index (χ2v) is 3.28. The fourth-order valence-corrected chi connectivity index (χ4v) is 1.30. The summed E-state index contributed by atoms with van der Waals surface area (Å²) in [5.41, 5.74) is 0. The lowest BCUT2D eigenvalue weighted by molar-refractivity contribution is -0.150. The van der Waals surface area contributed by atoms with E-state index in [4.69, 9.17) is 14.2 Å². The summed E-state index contributed by atoms with van der Waals surface area (Å²) in [6.07, 6.45) is 1.12. The van der Waals surface area contributed by atoms with E-state index in [0.29, 0.717) is 19.3 Å². The van der Waals surface area contributed by atoms with E-state index in [1.807, 2.05) is 13.8 Å². The zero-order chi connectivity index (χ0) is 10.2. The lowest BCUT2D eigenvalue weighted by Gasteiger charge is -2.27. The Bertz CT molecular complexity index is 133. The van der Waals surface area contributed by atoms with Crippen molar-refractivity contribution in [2.75, 3.05) is 32.9 Å². The molecule has 0 amide bonds. The minimum atomic E-state index is -0.0990. The van der Waals surface area contributed by atoms with Crippen LogP contribution in [0.4, 0.5) is 0 Å². The highest BCUT2D eigenvalue weighted by atomic mass is 16.7. The monoisotopic (exact) mass is 203 g/mol. The first-order valence-corrected chi connectivity index (χ1v) is 5.42. The molecule has 14 heavy (non-hydrogen) atoms. The summed E-state index contributed by atoms with van der Waals surface area (Å²) >= 11 is 0. The number of hydrogen-bond donors (Lipinski definition) is 1. The first-order valence-electron chi connectivity index (χ1n) is 5.42. The van der Waals surface area contributed by atoms with E-state index < -0.39 is 0 Å². The van der Waals surface area contributed by atoms with Crippen molar-refractivity contribution in [3.8, 4) is 0 Å². The first-order chi connectivity index (χ1) is 6.86. The van der Waals surface area contributed by atoms with Gasteiger partial charge >= 0.3 is 0 Å². The molecule has 0 aromatic carbocycles. The van der Waals surface area contributed by atoms with Crippen LogP contribution in [0.25, 0.3) is 0 Å². The maximum atomic E-state index is 5.58. The average Bonchev–Trinajstić information content (AvgIpc) is 2.10. The second-order valence-electron chi connectivity index (χ2n) is 3.28. The molecule has 84 valence electrons. The van der Waals surface area contributed by atoms with Crippen molar-refractivity contribution in [1.29, 1.82) is 0 Å². The molecule has 0 bridgehead atoms. The van der Waals surface area contributed by atoms with Crippen LogP contribution in [-0.2, 0) is 14.2 Å². The van der Waals surface area contributed by atoms with Crippen molar-refractivity contribution in [3.63, 3.8) is 0 Å². The van der Waals surface area contributed by atoms with Gasteiger partial charge in [0.15, 0.2) is 6.29 Å². The highest BCUT2D eigenvalue weighted by molar-refractivity contribution is 4.74. The van der Waals surface area contributed by atoms with Crippen molar-refractivity contribution in [2.45, 2.75) is 32.7 Å². The van der Waals surface area contributed by atoms with Crippen LogP contribution in [0.1, 0.15) is 20.3 Å². The normalized spacial score (nSPS) is 17.4. The molecule has 4 heteroatoms. The zero-order valence-electron chi connectivity index (χ0n) is 9.12. The third kappa shape index (κ3) is 4.37. The minimum absolute atomic E-state index is 0.0990. The van der Waals surface area contributed by atoms with Gasteiger partial charge in [-0.1, -0.05) is 0 Å². The van der Waals surface area contributed by atoms with Gasteiger partial charge in [0.2, 0.25) is 0 Å². The predicted molar refractivity (Wildman–Crippen MR) is 54.3 cm³/mol. The summed E-state index contributed by atoms with van der Waals surface area (Å²) < 4.78 is 16.4. The molecule has 1 rings (SSSR count). The van der Waals surface area contributed by atoms with Crippen LogP contribution in [0.3, 0.4) is 0 Å². The Kier molecular flexibility index (Phi) is 6.10. The molecule has 1 N–H and O–H groups in total. The van der Waals surface area contributed by atoms with Gasteiger partial charge < -0.3 is 19.5 Å². The molecule has 1 saturated heterocycles. The third-order valence-corrected chi connectivity index (χ3v) is 2.16. The molecule has 1 aliphatic rings. The van der Waals surface area contributed by atoms with Crippen molar-refractivity contribution in [3.05, 3.63) is 0 Å². The van der Waals surface area contributed by atoms with Crippen molar-refractivity contribution >= 4 is 0 Å². The summed E-state index contributed by atoms with van der Waals surface area (Å²) in [4.78, 5) is 0. The highest BCUT2D eigenvalue weighted by Crippen LogP contribution is 2.04. The molecule has 0 atom stereocenters. The van der Waals surface area contributed by atoms with Gasteiger partial charge in [0, 0.05) is 32.7 Å². The maximum Gasteiger partial charge on any atom is 0.159 e. The van der Waals surface area contributed by atoms with Gasteiger partial charge in [0.05, 0.1) is 12.7 Å². The Hall–Kier alpha value is -0.160. The molecule has 4 nitrogen and oxygen atoms in total. The zero-order valence-corrected chi connectivity index (χ0v) is 9.12. The maximum absolute atomic E-state index is 5.58. The van der Waals surface area contributed by atoms with Gasteiger partial charge in [0.25, 0.3) is 0 Å². The van der Waals surface area contributed by atoms with Gasteiger partial charge in [-0.3, -0.25) is 0 Å². The van der Waals surface area contributed by atoms with Crippen molar-refractivity contribution in [1.82, 2.24) is 5.32 Å². The molecule has 1 fully saturated rings. The number of rotatable bonds is 8. The molecule has 0 saturated carbocycles. The minimum Gasteiger partial charge on any atom is -0.375 e. The summed E-state index contributed by atoms with van der Waals surface area (Å²) in [6.45, 7) is 8.01. The molecule has 0 spiro atoms. The van der Waals surface area contributed by atoms with E-state index >= 15 is 0 Å². The Morgan fingerprint density at radius 3 is 2.29 bits per heavy atom. The fourth-order valence-electron chi connectivity index (χ4n) is 1.30. The lowest BCUT2D eigenvalue weighted by Crippen LogP contribution is -2.48. The molecular weight excluding hydrogens is 182 g/mol. The van der Waals surface area contributed by atoms with Crippen LogP contribution in [0, 0.1) is 0 Å². The summed E-state index contributed by atoms with van der Waals surface area (Å²) in [5.74, 6) is 0. The summed E-state index contributed by atoms with van der Waals surface area (Å²) in [7, 11) is 0. The van der Waals surface area contributed by atoms with Gasteiger partial charge in [-0.25, -0.2) is 0 Å². The Balaban J connectivity index is 1.99. The highest BCUT2D eigenvalue weighted by Gasteiger charge is 2.17. The number of nitrogens with one attached hydrogen (secondary N) is 1. The number of hydrogen-bond acceptors (Lipinski definition) is 4. The number of ether oxygens (including phenoxy) is 3. The topological polar surface area (TPSA) is 39.7 Å². The van der Waals surface area contributed by atoms with E-state index in [2.05, 4.69) is 5.32 Å². The fraction of sp³-hybridized carbons (Fsp3) is 1.00. The van der Waals surface area contributed by atoms with Crippen molar-refractivity contribution in [2.24, 2.45) is 0 Å². The van der Waals surface area contributed by atoms with E-state index in [0.717, 1.165) is 26.1 Å². The van der Waals surface area contributed by atoms with E-state index in [1.54, 1.807) is 0 Å². The van der Waals surface area contributed by atoms with Crippen LogP contribution in [0.2, 0.25) is 0 Å². The molecule has 0 unspecified atom stereocenters. The van der Waals surface area contributed by atoms with Gasteiger partial charge in [-0.15, -0.1) is 0 Å². The molecule has 0 aromatic rings. The molecule has 1 heterocycles. The van der Waals surface area contributed by atoms with Gasteiger partial charge in [-0.2, -0.15) is 0 Å². The quantitative estimate of drug-likeness (QED) is 0.591. The van der Waals surface area contributed by atoms with Crippen LogP contribution < -0.4 is 5.32 Å². The van der Waals surface area contributed by atoms with Crippen LogP contribution in [0.15, 0.2) is 0 Å². The molecular formula is C10H21NO3. The Labute approximate surface area is 85.9 Å². The van der Waals surface area contributed by atoms with Crippen LogP contribution in [-0.4, -0.2) is 45.3 Å². The summed E-state index contributed by atoms with van der Waals surface area (Å²) in [6, 6.07) is 0. The van der Waals surface area contributed by atoms with Crippen LogP contribution >= 0.6 is 0 Å². The SMILES string of the molecule is CCOC(CCOC1CNC1)OCC. The van der Waals surface area contributed by atoms with E-state index in [-0.39, 0.29) is 6.29 Å². The van der Waals surface area contributed by atoms with Gasteiger partial charge in [0.1, 0.15) is 0 Å². The summed E-state index contributed by atoms with van der Waals surface area (Å²) in [5, 5.41) is 3.16. The Morgan fingerprint density at radius 1 is 1.21 bits per heavy atom. The smallest absolute Gasteiger partial charge is 0.159 e. The average molecular weight is 203 g/mol. The second kappa shape index (κ2) is 7.17. The lowest BCUT2D eigenvalue weighted by atomic mass is 10.2. The molecule has 0 aromatic heterocycles. The Morgan fingerprint density at radius 2 is 1.86 bits per heavy atom. The molecule has 1 aliphatic heterocycles.